The second-order valence-corrected chi connectivity index (χ2v) is 6.45. The van der Waals surface area contributed by atoms with Gasteiger partial charge in [-0.25, -0.2) is 4.98 Å². The molecule has 5 aromatic rings. The number of nitrogens with zero attached hydrogens (tertiary/aromatic N) is 5. The van der Waals surface area contributed by atoms with E-state index in [4.69, 9.17) is 4.74 Å². The third-order valence-electron chi connectivity index (χ3n) is 4.62. The molecule has 5 rings (SSSR count). The van der Waals surface area contributed by atoms with Crippen LogP contribution in [0.5, 0.6) is 11.6 Å². The first kappa shape index (κ1) is 17.6. The summed E-state index contributed by atoms with van der Waals surface area (Å²) >= 11 is 0. The highest BCUT2D eigenvalue weighted by atomic mass is 16.6. The van der Waals surface area contributed by atoms with Crippen molar-refractivity contribution in [1.29, 1.82) is 0 Å². The number of non-ortho nitro benzene ring substituents is 1. The van der Waals surface area contributed by atoms with Crippen LogP contribution in [-0.4, -0.2) is 24.9 Å². The van der Waals surface area contributed by atoms with Gasteiger partial charge in [0.1, 0.15) is 5.52 Å². The molecular formula is C22H13N5O3. The number of ether oxygens (including phenoxy) is 1. The summed E-state index contributed by atoms with van der Waals surface area (Å²) in [6.07, 6.45) is 4.91. The Hall–Kier alpha value is -4.46. The number of hydrogen-bond acceptors (Lipinski definition) is 7. The van der Waals surface area contributed by atoms with Gasteiger partial charge in [-0.1, -0.05) is 12.1 Å². The van der Waals surface area contributed by atoms with E-state index in [0.717, 1.165) is 10.9 Å². The van der Waals surface area contributed by atoms with Crippen molar-refractivity contribution in [3.63, 3.8) is 0 Å². The van der Waals surface area contributed by atoms with Crippen LogP contribution < -0.4 is 4.74 Å². The van der Waals surface area contributed by atoms with Crippen molar-refractivity contribution in [3.8, 4) is 23.0 Å². The molecule has 0 aliphatic carbocycles. The van der Waals surface area contributed by atoms with Gasteiger partial charge >= 0.3 is 0 Å². The van der Waals surface area contributed by atoms with E-state index in [0.29, 0.717) is 33.9 Å². The number of nitro groups is 1. The van der Waals surface area contributed by atoms with Gasteiger partial charge in [0.05, 0.1) is 21.2 Å². The van der Waals surface area contributed by atoms with Crippen molar-refractivity contribution < 1.29 is 9.66 Å². The van der Waals surface area contributed by atoms with Crippen molar-refractivity contribution in [2.75, 3.05) is 0 Å². The Bertz CT molecular complexity index is 1410. The first-order chi connectivity index (χ1) is 14.7. The Morgan fingerprint density at radius 1 is 0.833 bits per heavy atom. The maximum Gasteiger partial charge on any atom is 0.279 e. The normalized spacial score (nSPS) is 10.9. The summed E-state index contributed by atoms with van der Waals surface area (Å²) in [7, 11) is 0. The van der Waals surface area contributed by atoms with Gasteiger partial charge < -0.3 is 4.74 Å². The molecule has 8 heteroatoms. The number of benzene rings is 2. The largest absolute Gasteiger partial charge is 0.436 e. The highest BCUT2D eigenvalue weighted by molar-refractivity contribution is 5.93. The predicted molar refractivity (Wildman–Crippen MR) is 111 cm³/mol. The van der Waals surface area contributed by atoms with Gasteiger partial charge in [-0.05, 0) is 42.5 Å². The molecule has 0 fully saturated rings. The summed E-state index contributed by atoms with van der Waals surface area (Å²) in [5, 5.41) is 12.5. The van der Waals surface area contributed by atoms with Crippen LogP contribution in [-0.2, 0) is 0 Å². The Balaban J connectivity index is 1.69. The topological polar surface area (TPSA) is 104 Å². The van der Waals surface area contributed by atoms with Crippen LogP contribution in [0.25, 0.3) is 33.2 Å². The highest BCUT2D eigenvalue weighted by Crippen LogP contribution is 2.36. The fraction of sp³-hybridized carbons (Fsp3) is 0. The van der Waals surface area contributed by atoms with Crippen molar-refractivity contribution >= 4 is 27.5 Å². The molecule has 30 heavy (non-hydrogen) atoms. The summed E-state index contributed by atoms with van der Waals surface area (Å²) < 4.78 is 6.15. The molecule has 0 bridgehead atoms. The molecule has 0 saturated carbocycles. The molecule has 0 amide bonds. The number of nitro benzene ring substituents is 1. The van der Waals surface area contributed by atoms with Crippen molar-refractivity contribution in [2.24, 2.45) is 0 Å². The van der Waals surface area contributed by atoms with E-state index in [1.54, 1.807) is 30.7 Å². The van der Waals surface area contributed by atoms with E-state index < -0.39 is 4.92 Å². The highest BCUT2D eigenvalue weighted by Gasteiger charge is 2.18. The number of para-hydroxylation sites is 1. The minimum atomic E-state index is -0.435. The van der Waals surface area contributed by atoms with Crippen molar-refractivity contribution in [3.05, 3.63) is 89.4 Å². The quantitative estimate of drug-likeness (QED) is 0.313. The standard InChI is InChI=1S/C22H13N5O3/c28-27(29)18-7-8-19(20-16(18)5-3-11-24-20)30-22-15-4-1-2-6-17(15)25-21(26-22)14-9-12-23-13-10-14/h1-13H. The number of pyridine rings is 2. The van der Waals surface area contributed by atoms with E-state index in [1.807, 2.05) is 36.4 Å². The molecular weight excluding hydrogens is 382 g/mol. The zero-order valence-corrected chi connectivity index (χ0v) is 15.5. The maximum atomic E-state index is 11.4. The van der Waals surface area contributed by atoms with Crippen LogP contribution in [0.1, 0.15) is 0 Å². The molecule has 3 heterocycles. The maximum absolute atomic E-state index is 11.4. The fourth-order valence-corrected chi connectivity index (χ4v) is 3.23. The first-order valence-electron chi connectivity index (χ1n) is 9.08. The second kappa shape index (κ2) is 7.17. The number of rotatable bonds is 4. The molecule has 2 aromatic carbocycles. The third-order valence-corrected chi connectivity index (χ3v) is 4.62. The van der Waals surface area contributed by atoms with E-state index in [1.165, 1.54) is 12.1 Å². The Labute approximate surface area is 170 Å². The zero-order chi connectivity index (χ0) is 20.5. The summed E-state index contributed by atoms with van der Waals surface area (Å²) in [4.78, 5) is 28.5. The second-order valence-electron chi connectivity index (χ2n) is 6.45. The fourth-order valence-electron chi connectivity index (χ4n) is 3.23. The van der Waals surface area contributed by atoms with Crippen molar-refractivity contribution in [1.82, 2.24) is 19.9 Å². The van der Waals surface area contributed by atoms with E-state index in [9.17, 15) is 10.1 Å². The molecule has 0 unspecified atom stereocenters. The van der Waals surface area contributed by atoms with Crippen molar-refractivity contribution in [2.45, 2.75) is 0 Å². The summed E-state index contributed by atoms with van der Waals surface area (Å²) in [5.74, 6) is 1.21. The van der Waals surface area contributed by atoms with Crippen LogP contribution in [0.2, 0.25) is 0 Å². The average Bonchev–Trinajstić information content (AvgIpc) is 2.79. The van der Waals surface area contributed by atoms with Gasteiger partial charge in [-0.15, -0.1) is 0 Å². The van der Waals surface area contributed by atoms with Crippen LogP contribution in [0, 0.1) is 10.1 Å². The van der Waals surface area contributed by atoms with Gasteiger partial charge in [0.2, 0.25) is 5.88 Å². The average molecular weight is 395 g/mol. The Kier molecular flexibility index (Phi) is 4.21. The van der Waals surface area contributed by atoms with Crippen LogP contribution in [0.4, 0.5) is 5.69 Å². The lowest BCUT2D eigenvalue weighted by atomic mass is 10.1. The Morgan fingerprint density at radius 3 is 2.47 bits per heavy atom. The van der Waals surface area contributed by atoms with E-state index in [-0.39, 0.29) is 5.69 Å². The molecule has 0 spiro atoms. The van der Waals surface area contributed by atoms with E-state index in [2.05, 4.69) is 19.9 Å². The summed E-state index contributed by atoms with van der Waals surface area (Å²) in [6, 6.07) is 17.4. The van der Waals surface area contributed by atoms with E-state index >= 15 is 0 Å². The zero-order valence-electron chi connectivity index (χ0n) is 15.5. The molecule has 0 N–H and O–H groups in total. The third kappa shape index (κ3) is 3.06. The van der Waals surface area contributed by atoms with Crippen LogP contribution in [0.15, 0.2) is 79.3 Å². The predicted octanol–water partition coefficient (Wildman–Crippen LogP) is 4.94. The van der Waals surface area contributed by atoms with Gasteiger partial charge in [-0.3, -0.25) is 20.1 Å². The van der Waals surface area contributed by atoms with Gasteiger partial charge in [0.25, 0.3) is 5.69 Å². The summed E-state index contributed by atoms with van der Waals surface area (Å²) in [5.41, 5.74) is 1.87. The monoisotopic (exact) mass is 395 g/mol. The Morgan fingerprint density at radius 2 is 1.63 bits per heavy atom. The lowest BCUT2D eigenvalue weighted by Crippen LogP contribution is -1.98. The van der Waals surface area contributed by atoms with Crippen LogP contribution in [0.3, 0.4) is 0 Å². The first-order valence-corrected chi connectivity index (χ1v) is 9.08. The SMILES string of the molecule is O=[N+]([O-])c1ccc(Oc2nc(-c3ccncc3)nc3ccccc23)c2ncccc12. The number of hydrogen-bond donors (Lipinski definition) is 0. The van der Waals surface area contributed by atoms with Crippen LogP contribution >= 0.6 is 0 Å². The molecule has 0 atom stereocenters. The van der Waals surface area contributed by atoms with Gasteiger partial charge in [-0.2, -0.15) is 4.98 Å². The molecule has 8 nitrogen and oxygen atoms in total. The minimum absolute atomic E-state index is 0.0320. The molecule has 3 aromatic heterocycles. The molecule has 144 valence electrons. The molecule has 0 aliphatic rings. The lowest BCUT2D eigenvalue weighted by molar-refractivity contribution is -0.383. The minimum Gasteiger partial charge on any atom is -0.436 e. The lowest BCUT2D eigenvalue weighted by Gasteiger charge is -2.11. The molecule has 0 saturated heterocycles. The number of aromatic nitrogens is 4. The smallest absolute Gasteiger partial charge is 0.279 e. The summed E-state index contributed by atoms with van der Waals surface area (Å²) in [6.45, 7) is 0. The van der Waals surface area contributed by atoms with Gasteiger partial charge in [0, 0.05) is 30.2 Å². The molecule has 0 radical (unpaired) electrons. The number of fused-ring (bicyclic) bond motifs is 2. The molecule has 0 aliphatic heterocycles. The van der Waals surface area contributed by atoms with Gasteiger partial charge in [0.15, 0.2) is 11.6 Å².